The predicted octanol–water partition coefficient (Wildman–Crippen LogP) is 4.06. The van der Waals surface area contributed by atoms with Crippen LogP contribution in [-0.4, -0.2) is 10.3 Å². The summed E-state index contributed by atoms with van der Waals surface area (Å²) in [6.07, 6.45) is 0. The maximum Gasteiger partial charge on any atom is 0.176 e. The smallest absolute Gasteiger partial charge is 0.176 e. The van der Waals surface area contributed by atoms with Gasteiger partial charge >= 0.3 is 0 Å². The molecule has 0 aliphatic carbocycles. The van der Waals surface area contributed by atoms with Crippen LogP contribution >= 0.6 is 0 Å². The third kappa shape index (κ3) is 2.70. The molecule has 0 unspecified atom stereocenters. The molecule has 7 heteroatoms. The number of hydrogen-bond donors (Lipinski definition) is 1. The number of rotatable bonds is 3. The largest absolute Gasteiger partial charge is 0.391 e. The van der Waals surface area contributed by atoms with Crippen molar-refractivity contribution in [3.63, 3.8) is 0 Å². The van der Waals surface area contributed by atoms with Crippen LogP contribution < -0.4 is 0 Å². The van der Waals surface area contributed by atoms with Gasteiger partial charge in [-0.1, -0.05) is 5.16 Å². The number of nitrogens with zero attached hydrogens (tertiary/aromatic N) is 1. The lowest BCUT2D eigenvalue weighted by Gasteiger charge is -2.03. The summed E-state index contributed by atoms with van der Waals surface area (Å²) in [5.41, 5.74) is -0.0271. The Hall–Kier alpha value is -2.67. The highest BCUT2D eigenvalue weighted by Gasteiger charge is 2.22. The fourth-order valence-corrected chi connectivity index (χ4v) is 2.21. The Balaban J connectivity index is 2.17. The van der Waals surface area contributed by atoms with Gasteiger partial charge in [-0.05, 0) is 36.4 Å². The Bertz CT molecular complexity index is 877. The molecule has 3 nitrogen and oxygen atoms in total. The number of aromatic nitrogens is 1. The van der Waals surface area contributed by atoms with E-state index in [9.17, 15) is 22.7 Å². The van der Waals surface area contributed by atoms with Gasteiger partial charge in [0, 0.05) is 5.56 Å². The van der Waals surface area contributed by atoms with Crippen LogP contribution in [0, 0.1) is 23.3 Å². The number of hydrogen-bond acceptors (Lipinski definition) is 3. The summed E-state index contributed by atoms with van der Waals surface area (Å²) < 4.78 is 58.5. The molecule has 3 aromatic rings. The van der Waals surface area contributed by atoms with Crippen molar-refractivity contribution in [2.75, 3.05) is 0 Å². The van der Waals surface area contributed by atoms with E-state index in [-0.39, 0.29) is 28.1 Å². The highest BCUT2D eigenvalue weighted by atomic mass is 19.2. The summed E-state index contributed by atoms with van der Waals surface area (Å²) in [4.78, 5) is 0. The van der Waals surface area contributed by atoms with E-state index in [4.69, 9.17) is 4.52 Å². The van der Waals surface area contributed by atoms with Crippen molar-refractivity contribution in [3.8, 4) is 22.6 Å². The lowest BCUT2D eigenvalue weighted by molar-refractivity contribution is 0.281. The van der Waals surface area contributed by atoms with E-state index < -0.39 is 29.9 Å². The molecule has 0 atom stereocenters. The predicted molar refractivity (Wildman–Crippen MR) is 73.1 cm³/mol. The molecule has 3 rings (SSSR count). The standard InChI is InChI=1S/C16H9F4NO2/c17-9-2-4-12(18)10(6-9)16-11(7-22)15(21-23-16)8-1-3-13(19)14(20)5-8/h1-6,22H,7H2. The van der Waals surface area contributed by atoms with Gasteiger partial charge in [-0.2, -0.15) is 0 Å². The van der Waals surface area contributed by atoms with E-state index in [1.807, 2.05) is 0 Å². The first-order valence-electron chi connectivity index (χ1n) is 6.51. The van der Waals surface area contributed by atoms with Crippen LogP contribution in [0.15, 0.2) is 40.9 Å². The maximum absolute atomic E-state index is 13.9. The second-order valence-corrected chi connectivity index (χ2v) is 4.75. The average Bonchev–Trinajstić information content (AvgIpc) is 2.96. The van der Waals surface area contributed by atoms with Crippen LogP contribution in [0.2, 0.25) is 0 Å². The van der Waals surface area contributed by atoms with Crippen LogP contribution in [0.3, 0.4) is 0 Å². The molecule has 0 bridgehead atoms. The maximum atomic E-state index is 13.9. The summed E-state index contributed by atoms with van der Waals surface area (Å²) in [5, 5.41) is 13.2. The molecule has 0 fully saturated rings. The Morgan fingerprint density at radius 2 is 1.65 bits per heavy atom. The SMILES string of the molecule is OCc1c(-c2ccc(F)c(F)c2)noc1-c1cc(F)ccc1F. The van der Waals surface area contributed by atoms with Crippen molar-refractivity contribution in [3.05, 3.63) is 65.2 Å². The molecular weight excluding hydrogens is 314 g/mol. The fourth-order valence-electron chi connectivity index (χ4n) is 2.21. The monoisotopic (exact) mass is 323 g/mol. The molecule has 2 aromatic carbocycles. The number of benzene rings is 2. The van der Waals surface area contributed by atoms with Gasteiger partial charge in [-0.25, -0.2) is 17.6 Å². The zero-order valence-corrected chi connectivity index (χ0v) is 11.5. The zero-order valence-electron chi connectivity index (χ0n) is 11.5. The van der Waals surface area contributed by atoms with Crippen LogP contribution in [0.1, 0.15) is 5.56 Å². The van der Waals surface area contributed by atoms with Crippen molar-refractivity contribution < 1.29 is 27.2 Å². The van der Waals surface area contributed by atoms with Crippen molar-refractivity contribution in [2.45, 2.75) is 6.61 Å². The molecule has 0 aliphatic rings. The first-order valence-corrected chi connectivity index (χ1v) is 6.51. The second kappa shape index (κ2) is 5.85. The van der Waals surface area contributed by atoms with Crippen molar-refractivity contribution in [1.29, 1.82) is 0 Å². The van der Waals surface area contributed by atoms with E-state index in [0.717, 1.165) is 30.3 Å². The minimum Gasteiger partial charge on any atom is -0.391 e. The molecular formula is C16H9F4NO2. The highest BCUT2D eigenvalue weighted by molar-refractivity contribution is 5.72. The van der Waals surface area contributed by atoms with Gasteiger partial charge in [0.05, 0.1) is 17.7 Å². The van der Waals surface area contributed by atoms with Gasteiger partial charge in [0.1, 0.15) is 17.3 Å². The van der Waals surface area contributed by atoms with Crippen molar-refractivity contribution in [2.24, 2.45) is 0 Å². The molecule has 1 aromatic heterocycles. The molecule has 118 valence electrons. The molecule has 1 heterocycles. The Labute approximate surface area is 127 Å². The Morgan fingerprint density at radius 1 is 0.913 bits per heavy atom. The Morgan fingerprint density at radius 3 is 2.35 bits per heavy atom. The van der Waals surface area contributed by atoms with Gasteiger partial charge in [-0.3, -0.25) is 0 Å². The van der Waals surface area contributed by atoms with Gasteiger partial charge in [0.25, 0.3) is 0 Å². The quantitative estimate of drug-likeness (QED) is 0.740. The van der Waals surface area contributed by atoms with Crippen LogP contribution in [0.25, 0.3) is 22.6 Å². The first-order chi connectivity index (χ1) is 11.0. The van der Waals surface area contributed by atoms with Crippen LogP contribution in [-0.2, 0) is 6.61 Å². The molecule has 1 N–H and O–H groups in total. The fraction of sp³-hybridized carbons (Fsp3) is 0.0625. The van der Waals surface area contributed by atoms with E-state index in [2.05, 4.69) is 5.16 Å². The molecule has 0 aliphatic heterocycles. The van der Waals surface area contributed by atoms with E-state index in [1.165, 1.54) is 6.07 Å². The minimum absolute atomic E-state index is 0.0186. The van der Waals surface area contributed by atoms with Gasteiger partial charge in [0.15, 0.2) is 17.4 Å². The highest BCUT2D eigenvalue weighted by Crippen LogP contribution is 2.34. The number of aliphatic hydroxyl groups is 1. The van der Waals surface area contributed by atoms with E-state index >= 15 is 0 Å². The number of halogens is 4. The van der Waals surface area contributed by atoms with Gasteiger partial charge < -0.3 is 9.63 Å². The minimum atomic E-state index is -1.10. The first kappa shape index (κ1) is 15.2. The topological polar surface area (TPSA) is 46.3 Å². The van der Waals surface area contributed by atoms with Gasteiger partial charge in [-0.15, -0.1) is 0 Å². The van der Waals surface area contributed by atoms with Crippen LogP contribution in [0.4, 0.5) is 17.6 Å². The summed E-state index contributed by atoms with van der Waals surface area (Å²) >= 11 is 0. The second-order valence-electron chi connectivity index (χ2n) is 4.75. The average molecular weight is 323 g/mol. The molecule has 0 amide bonds. The van der Waals surface area contributed by atoms with Gasteiger partial charge in [0.2, 0.25) is 0 Å². The summed E-state index contributed by atoms with van der Waals surface area (Å²) in [6.45, 7) is -0.608. The summed E-state index contributed by atoms with van der Waals surface area (Å²) in [5.74, 6) is -3.79. The normalized spacial score (nSPS) is 11.0. The molecule has 23 heavy (non-hydrogen) atoms. The molecule has 0 radical (unpaired) electrons. The van der Waals surface area contributed by atoms with E-state index in [1.54, 1.807) is 0 Å². The Kier molecular flexibility index (Phi) is 3.87. The lowest BCUT2D eigenvalue weighted by Crippen LogP contribution is -1.93. The van der Waals surface area contributed by atoms with Crippen LogP contribution in [0.5, 0.6) is 0 Å². The molecule has 0 spiro atoms. The summed E-state index contributed by atoms with van der Waals surface area (Å²) in [6, 6.07) is 5.74. The molecule has 0 saturated carbocycles. The lowest BCUT2D eigenvalue weighted by atomic mass is 10.0. The summed E-state index contributed by atoms with van der Waals surface area (Å²) in [7, 11) is 0. The van der Waals surface area contributed by atoms with E-state index in [0.29, 0.717) is 0 Å². The third-order valence-corrected chi connectivity index (χ3v) is 3.31. The van der Waals surface area contributed by atoms with Crippen molar-refractivity contribution in [1.82, 2.24) is 5.16 Å². The molecule has 0 saturated heterocycles. The van der Waals surface area contributed by atoms with Crippen molar-refractivity contribution >= 4 is 0 Å². The number of aliphatic hydroxyl groups excluding tert-OH is 1. The third-order valence-electron chi connectivity index (χ3n) is 3.31. The zero-order chi connectivity index (χ0) is 16.6.